The van der Waals surface area contributed by atoms with Crippen LogP contribution in [0.2, 0.25) is 0 Å². The third kappa shape index (κ3) is 1.68. The SMILES string of the molecule is CCC(C)(CC)C(N)(N)N. The van der Waals surface area contributed by atoms with Crippen molar-refractivity contribution in [3.8, 4) is 0 Å². The van der Waals surface area contributed by atoms with Crippen molar-refractivity contribution in [2.24, 2.45) is 22.6 Å². The normalized spacial score (nSPS) is 13.8. The molecule has 0 aliphatic carbocycles. The van der Waals surface area contributed by atoms with E-state index in [1.165, 1.54) is 0 Å². The van der Waals surface area contributed by atoms with Gasteiger partial charge in [0.05, 0.1) is 0 Å². The summed E-state index contributed by atoms with van der Waals surface area (Å²) in [5.74, 6) is -1.05. The largest absolute Gasteiger partial charge is 0.301 e. The third-order valence-corrected chi connectivity index (χ3v) is 2.61. The molecule has 3 nitrogen and oxygen atoms in total. The minimum absolute atomic E-state index is 0.146. The van der Waals surface area contributed by atoms with Crippen molar-refractivity contribution in [2.75, 3.05) is 0 Å². The molecule has 62 valence electrons. The standard InChI is InChI=1S/C7H19N3/c1-4-6(3,5-2)7(8,9)10/h4-5,8-10H2,1-3H3. The van der Waals surface area contributed by atoms with E-state index < -0.39 is 5.79 Å². The molecule has 0 radical (unpaired) electrons. The number of hydrogen-bond donors (Lipinski definition) is 3. The first-order chi connectivity index (χ1) is 4.37. The predicted octanol–water partition coefficient (Wildman–Crippen LogP) is 0.343. The van der Waals surface area contributed by atoms with Gasteiger partial charge in [0.25, 0.3) is 0 Å². The summed E-state index contributed by atoms with van der Waals surface area (Å²) in [4.78, 5) is 0. The van der Waals surface area contributed by atoms with Crippen LogP contribution in [0.4, 0.5) is 0 Å². The second-order valence-corrected chi connectivity index (χ2v) is 3.20. The van der Waals surface area contributed by atoms with E-state index in [0.29, 0.717) is 0 Å². The number of rotatable bonds is 3. The van der Waals surface area contributed by atoms with Crippen molar-refractivity contribution in [3.05, 3.63) is 0 Å². The van der Waals surface area contributed by atoms with Gasteiger partial charge < -0.3 is 17.2 Å². The summed E-state index contributed by atoms with van der Waals surface area (Å²) >= 11 is 0. The van der Waals surface area contributed by atoms with E-state index in [9.17, 15) is 0 Å². The molecule has 0 heterocycles. The van der Waals surface area contributed by atoms with E-state index in [1.54, 1.807) is 0 Å². The molecular weight excluding hydrogens is 126 g/mol. The minimum atomic E-state index is -1.05. The molecule has 0 aromatic carbocycles. The van der Waals surface area contributed by atoms with Gasteiger partial charge in [-0.05, 0) is 12.8 Å². The smallest absolute Gasteiger partial charge is 0.121 e. The van der Waals surface area contributed by atoms with Crippen LogP contribution >= 0.6 is 0 Å². The zero-order valence-electron chi connectivity index (χ0n) is 7.15. The topological polar surface area (TPSA) is 78.1 Å². The van der Waals surface area contributed by atoms with Gasteiger partial charge in [0, 0.05) is 5.41 Å². The zero-order valence-corrected chi connectivity index (χ0v) is 7.15. The summed E-state index contributed by atoms with van der Waals surface area (Å²) in [5, 5.41) is 0. The van der Waals surface area contributed by atoms with Gasteiger partial charge in [-0.1, -0.05) is 20.8 Å². The highest BCUT2D eigenvalue weighted by Gasteiger charge is 2.35. The fraction of sp³-hybridized carbons (Fsp3) is 1.00. The van der Waals surface area contributed by atoms with Crippen molar-refractivity contribution >= 4 is 0 Å². The van der Waals surface area contributed by atoms with Gasteiger partial charge in [0.15, 0.2) is 0 Å². The summed E-state index contributed by atoms with van der Waals surface area (Å²) in [5.41, 5.74) is 16.6. The highest BCUT2D eigenvalue weighted by atomic mass is 15.1. The molecule has 0 saturated carbocycles. The molecule has 0 saturated heterocycles. The van der Waals surface area contributed by atoms with Crippen LogP contribution < -0.4 is 17.2 Å². The molecule has 0 unspecified atom stereocenters. The quantitative estimate of drug-likeness (QED) is 0.501. The first-order valence-electron chi connectivity index (χ1n) is 3.74. The second-order valence-electron chi connectivity index (χ2n) is 3.20. The van der Waals surface area contributed by atoms with Crippen LogP contribution in [-0.2, 0) is 0 Å². The third-order valence-electron chi connectivity index (χ3n) is 2.61. The average molecular weight is 145 g/mol. The van der Waals surface area contributed by atoms with Crippen LogP contribution in [0.15, 0.2) is 0 Å². The monoisotopic (exact) mass is 145 g/mol. The van der Waals surface area contributed by atoms with E-state index in [4.69, 9.17) is 17.2 Å². The maximum absolute atomic E-state index is 5.59. The van der Waals surface area contributed by atoms with Crippen molar-refractivity contribution in [2.45, 2.75) is 39.4 Å². The molecule has 0 aliphatic rings. The van der Waals surface area contributed by atoms with E-state index in [0.717, 1.165) is 12.8 Å². The first kappa shape index (κ1) is 9.88. The maximum Gasteiger partial charge on any atom is 0.121 e. The lowest BCUT2D eigenvalue weighted by Crippen LogP contribution is -2.68. The summed E-state index contributed by atoms with van der Waals surface area (Å²) in [6.45, 7) is 6.10. The van der Waals surface area contributed by atoms with E-state index >= 15 is 0 Å². The molecule has 0 amide bonds. The van der Waals surface area contributed by atoms with E-state index in [-0.39, 0.29) is 5.41 Å². The molecule has 0 bridgehead atoms. The fourth-order valence-electron chi connectivity index (χ4n) is 0.862. The molecule has 0 aliphatic heterocycles. The summed E-state index contributed by atoms with van der Waals surface area (Å²) in [6.07, 6.45) is 1.82. The van der Waals surface area contributed by atoms with Gasteiger partial charge in [-0.2, -0.15) is 0 Å². The van der Waals surface area contributed by atoms with Gasteiger partial charge in [-0.25, -0.2) is 0 Å². The van der Waals surface area contributed by atoms with Crippen molar-refractivity contribution in [1.29, 1.82) is 0 Å². The maximum atomic E-state index is 5.59. The molecular formula is C7H19N3. The van der Waals surface area contributed by atoms with Crippen LogP contribution in [0.25, 0.3) is 0 Å². The van der Waals surface area contributed by atoms with Crippen LogP contribution in [0.5, 0.6) is 0 Å². The van der Waals surface area contributed by atoms with Crippen molar-refractivity contribution in [3.63, 3.8) is 0 Å². The van der Waals surface area contributed by atoms with Gasteiger partial charge in [0.1, 0.15) is 5.79 Å². The molecule has 0 spiro atoms. The van der Waals surface area contributed by atoms with Crippen molar-refractivity contribution < 1.29 is 0 Å². The summed E-state index contributed by atoms with van der Waals surface area (Å²) < 4.78 is 0. The Morgan fingerprint density at radius 3 is 1.30 bits per heavy atom. The Bertz CT molecular complexity index is 99.9. The van der Waals surface area contributed by atoms with Crippen LogP contribution in [0, 0.1) is 5.41 Å². The Kier molecular flexibility index (Phi) is 2.83. The Labute approximate surface area is 62.9 Å². The lowest BCUT2D eigenvalue weighted by atomic mass is 9.78. The lowest BCUT2D eigenvalue weighted by molar-refractivity contribution is 0.138. The Hall–Kier alpha value is -0.120. The molecule has 0 atom stereocenters. The zero-order chi connectivity index (χ0) is 8.41. The highest BCUT2D eigenvalue weighted by Crippen LogP contribution is 2.29. The van der Waals surface area contributed by atoms with Gasteiger partial charge in [-0.15, -0.1) is 0 Å². The molecule has 3 heteroatoms. The van der Waals surface area contributed by atoms with Gasteiger partial charge in [0.2, 0.25) is 0 Å². The average Bonchev–Trinajstić information content (AvgIpc) is 1.84. The van der Waals surface area contributed by atoms with Crippen LogP contribution in [0.3, 0.4) is 0 Å². The van der Waals surface area contributed by atoms with E-state index in [2.05, 4.69) is 0 Å². The van der Waals surface area contributed by atoms with Crippen molar-refractivity contribution in [1.82, 2.24) is 0 Å². The van der Waals surface area contributed by atoms with Crippen LogP contribution in [0.1, 0.15) is 33.6 Å². The summed E-state index contributed by atoms with van der Waals surface area (Å²) in [7, 11) is 0. The highest BCUT2D eigenvalue weighted by molar-refractivity contribution is 4.88. The van der Waals surface area contributed by atoms with Gasteiger partial charge in [-0.3, -0.25) is 0 Å². The second kappa shape index (κ2) is 2.86. The summed E-state index contributed by atoms with van der Waals surface area (Å²) in [6, 6.07) is 0. The van der Waals surface area contributed by atoms with Crippen LogP contribution in [-0.4, -0.2) is 5.79 Å². The van der Waals surface area contributed by atoms with E-state index in [1.807, 2.05) is 20.8 Å². The first-order valence-corrected chi connectivity index (χ1v) is 3.74. The lowest BCUT2D eigenvalue weighted by Gasteiger charge is -2.39. The number of hydrogen-bond acceptors (Lipinski definition) is 3. The van der Waals surface area contributed by atoms with Gasteiger partial charge >= 0.3 is 0 Å². The fourth-order valence-corrected chi connectivity index (χ4v) is 0.862. The number of nitrogens with two attached hydrogens (primary N) is 3. The predicted molar refractivity (Wildman–Crippen MR) is 44.0 cm³/mol. The molecule has 0 fully saturated rings. The molecule has 6 N–H and O–H groups in total. The minimum Gasteiger partial charge on any atom is -0.301 e. The molecule has 0 aromatic heterocycles. The Balaban J connectivity index is 4.33. The molecule has 0 aromatic rings. The molecule has 0 rings (SSSR count). The Morgan fingerprint density at radius 1 is 1.00 bits per heavy atom. The molecule has 10 heavy (non-hydrogen) atoms. The Morgan fingerprint density at radius 2 is 1.30 bits per heavy atom.